The van der Waals surface area contributed by atoms with Gasteiger partial charge in [0, 0.05) is 0 Å². The van der Waals surface area contributed by atoms with E-state index in [9.17, 15) is 0 Å². The summed E-state index contributed by atoms with van der Waals surface area (Å²) in [6, 6.07) is 0. The fraction of sp³-hybridized carbons (Fsp3) is 1.00. The summed E-state index contributed by atoms with van der Waals surface area (Å²) in [6.07, 6.45) is 11.5. The van der Waals surface area contributed by atoms with Gasteiger partial charge in [-0.2, -0.15) is 0 Å². The van der Waals surface area contributed by atoms with Gasteiger partial charge in [0.25, 0.3) is 0 Å². The Bertz CT molecular complexity index is 52.9. The molecule has 0 aromatic rings. The van der Waals surface area contributed by atoms with Crippen LogP contribution in [0.5, 0.6) is 0 Å². The van der Waals surface area contributed by atoms with Crippen molar-refractivity contribution in [3.05, 3.63) is 0 Å². The van der Waals surface area contributed by atoms with Gasteiger partial charge in [-0.1, -0.05) is 65.2 Å². The minimum Gasteiger partial charge on any atom is -1.00 e. The standard InChI is InChI=1S/C10H22.2ClH.V/c1-3-5-7-9-10-8-6-4-2;;;/h3-10H2,1-2H3;2*1H;/q;;;+2/p-2. The first kappa shape index (κ1) is 23.8. The number of halogens is 2. The summed E-state index contributed by atoms with van der Waals surface area (Å²) in [5.41, 5.74) is 0. The fourth-order valence-electron chi connectivity index (χ4n) is 1.21. The molecule has 0 heterocycles. The predicted molar refractivity (Wildman–Crippen MR) is 48.3 cm³/mol. The van der Waals surface area contributed by atoms with Crippen LogP contribution in [-0.4, -0.2) is 0 Å². The van der Waals surface area contributed by atoms with Crippen LogP contribution in [0.4, 0.5) is 0 Å². The first-order valence-electron chi connectivity index (χ1n) is 4.91. The molecule has 0 nitrogen and oxygen atoms in total. The molecule has 0 N–H and O–H groups in total. The quantitative estimate of drug-likeness (QED) is 0.474. The smallest absolute Gasteiger partial charge is 1.00 e. The van der Waals surface area contributed by atoms with Crippen molar-refractivity contribution in [1.82, 2.24) is 0 Å². The van der Waals surface area contributed by atoms with Crippen molar-refractivity contribution in [2.45, 2.75) is 65.2 Å². The van der Waals surface area contributed by atoms with Crippen LogP contribution in [0.25, 0.3) is 0 Å². The van der Waals surface area contributed by atoms with Gasteiger partial charge in [-0.25, -0.2) is 0 Å². The zero-order valence-electron chi connectivity index (χ0n) is 8.86. The summed E-state index contributed by atoms with van der Waals surface area (Å²) in [6.45, 7) is 4.54. The molecule has 0 bridgehead atoms. The van der Waals surface area contributed by atoms with E-state index in [1.54, 1.807) is 0 Å². The molecule has 0 aliphatic rings. The second-order valence-electron chi connectivity index (χ2n) is 3.12. The summed E-state index contributed by atoms with van der Waals surface area (Å²) in [7, 11) is 0. The van der Waals surface area contributed by atoms with Crippen LogP contribution in [-0.2, 0) is 18.6 Å². The number of unbranched alkanes of at least 4 members (excludes halogenated alkanes) is 7. The van der Waals surface area contributed by atoms with Crippen LogP contribution in [0, 0.1) is 0 Å². The second kappa shape index (κ2) is 23.2. The van der Waals surface area contributed by atoms with E-state index in [1.807, 2.05) is 0 Å². The largest absolute Gasteiger partial charge is 2.00 e. The van der Waals surface area contributed by atoms with E-state index in [0.717, 1.165) is 0 Å². The Hall–Kier alpha value is 1.16. The minimum atomic E-state index is 0. The van der Waals surface area contributed by atoms with E-state index in [4.69, 9.17) is 0 Å². The fourth-order valence-corrected chi connectivity index (χ4v) is 1.21. The van der Waals surface area contributed by atoms with Crippen molar-refractivity contribution in [1.29, 1.82) is 0 Å². The average Bonchev–Trinajstić information content (AvgIpc) is 1.97. The van der Waals surface area contributed by atoms with Gasteiger partial charge >= 0.3 is 18.6 Å². The van der Waals surface area contributed by atoms with Gasteiger partial charge in [0.05, 0.1) is 0 Å². The van der Waals surface area contributed by atoms with Crippen LogP contribution < -0.4 is 24.8 Å². The molecule has 0 spiro atoms. The molecule has 0 rings (SSSR count). The maximum Gasteiger partial charge on any atom is 2.00 e. The molecule has 0 fully saturated rings. The Kier molecular flexibility index (Phi) is 42.4. The van der Waals surface area contributed by atoms with Crippen LogP contribution in [0.15, 0.2) is 0 Å². The molecular weight excluding hydrogens is 242 g/mol. The topological polar surface area (TPSA) is 0 Å². The van der Waals surface area contributed by atoms with E-state index in [0.29, 0.717) is 0 Å². The molecule has 1 radical (unpaired) electrons. The van der Waals surface area contributed by atoms with Crippen molar-refractivity contribution in [2.75, 3.05) is 0 Å². The van der Waals surface area contributed by atoms with Gasteiger partial charge in [-0.3, -0.25) is 0 Å². The summed E-state index contributed by atoms with van der Waals surface area (Å²) >= 11 is 0. The van der Waals surface area contributed by atoms with E-state index < -0.39 is 0 Å². The van der Waals surface area contributed by atoms with Crippen LogP contribution in [0.2, 0.25) is 0 Å². The Morgan fingerprint density at radius 1 is 0.538 bits per heavy atom. The Morgan fingerprint density at radius 2 is 0.769 bits per heavy atom. The summed E-state index contributed by atoms with van der Waals surface area (Å²) in [5.74, 6) is 0. The molecule has 0 aliphatic carbocycles. The third kappa shape index (κ3) is 24.6. The van der Waals surface area contributed by atoms with Gasteiger partial charge in [0.2, 0.25) is 0 Å². The maximum absolute atomic E-state index is 2.27. The molecule has 0 unspecified atom stereocenters. The number of rotatable bonds is 7. The van der Waals surface area contributed by atoms with Crippen LogP contribution >= 0.6 is 0 Å². The van der Waals surface area contributed by atoms with Crippen LogP contribution in [0.1, 0.15) is 65.2 Å². The Balaban J connectivity index is -0.000000135. The van der Waals surface area contributed by atoms with Crippen LogP contribution in [0.3, 0.4) is 0 Å². The van der Waals surface area contributed by atoms with Crippen molar-refractivity contribution in [3.8, 4) is 0 Å². The second-order valence-corrected chi connectivity index (χ2v) is 3.12. The van der Waals surface area contributed by atoms with Crippen molar-refractivity contribution < 1.29 is 43.4 Å². The van der Waals surface area contributed by atoms with Gasteiger partial charge < -0.3 is 24.8 Å². The van der Waals surface area contributed by atoms with Crippen molar-refractivity contribution >= 4 is 0 Å². The molecule has 13 heavy (non-hydrogen) atoms. The third-order valence-electron chi connectivity index (χ3n) is 1.96. The third-order valence-corrected chi connectivity index (χ3v) is 1.96. The zero-order valence-corrected chi connectivity index (χ0v) is 11.8. The van der Waals surface area contributed by atoms with Gasteiger partial charge in [0.1, 0.15) is 0 Å². The van der Waals surface area contributed by atoms with Crippen molar-refractivity contribution in [3.63, 3.8) is 0 Å². The zero-order chi connectivity index (χ0) is 7.66. The van der Waals surface area contributed by atoms with Crippen molar-refractivity contribution in [2.24, 2.45) is 0 Å². The van der Waals surface area contributed by atoms with Gasteiger partial charge in [-0.15, -0.1) is 0 Å². The normalized spacial score (nSPS) is 7.85. The maximum atomic E-state index is 2.27. The molecule has 0 saturated heterocycles. The molecule has 0 amide bonds. The SMILES string of the molecule is CCCCCCCCCC.[Cl-].[Cl-].[V+2]. The summed E-state index contributed by atoms with van der Waals surface area (Å²) in [4.78, 5) is 0. The van der Waals surface area contributed by atoms with E-state index in [-0.39, 0.29) is 43.4 Å². The number of hydrogen-bond donors (Lipinski definition) is 0. The molecule has 3 heteroatoms. The van der Waals surface area contributed by atoms with E-state index in [2.05, 4.69) is 13.8 Å². The first-order chi connectivity index (χ1) is 4.91. The summed E-state index contributed by atoms with van der Waals surface area (Å²) in [5, 5.41) is 0. The minimum absolute atomic E-state index is 0. The average molecular weight is 264 g/mol. The molecule has 0 aromatic carbocycles. The predicted octanol–water partition coefficient (Wildman–Crippen LogP) is -1.85. The van der Waals surface area contributed by atoms with E-state index in [1.165, 1.54) is 51.4 Å². The molecule has 0 aromatic heterocycles. The van der Waals surface area contributed by atoms with Gasteiger partial charge in [0.15, 0.2) is 0 Å². The number of hydrogen-bond acceptors (Lipinski definition) is 0. The first-order valence-corrected chi connectivity index (χ1v) is 4.91. The molecular formula is C10H22Cl2V. The molecule has 81 valence electrons. The van der Waals surface area contributed by atoms with Gasteiger partial charge in [-0.05, 0) is 0 Å². The van der Waals surface area contributed by atoms with E-state index >= 15 is 0 Å². The summed E-state index contributed by atoms with van der Waals surface area (Å²) < 4.78 is 0. The Morgan fingerprint density at radius 3 is 1.00 bits per heavy atom. The monoisotopic (exact) mass is 263 g/mol. The Labute approximate surface area is 108 Å². The molecule has 0 saturated carbocycles. The molecule has 0 aliphatic heterocycles. The molecule has 0 atom stereocenters.